The molecule has 4 aromatic rings. The van der Waals surface area contributed by atoms with Gasteiger partial charge >= 0.3 is 0 Å². The first kappa shape index (κ1) is 20.4. The normalized spacial score (nSPS) is 11.4. The molecule has 0 bridgehead atoms. The largest absolute Gasteiger partial charge is 0.264 e. The molecule has 0 radical (unpaired) electrons. The minimum atomic E-state index is 0.426. The van der Waals surface area contributed by atoms with Crippen LogP contribution >= 0.6 is 46.3 Å². The number of rotatable bonds is 5. The maximum absolute atomic E-state index is 6.25. The summed E-state index contributed by atoms with van der Waals surface area (Å²) >= 11 is 15.8. The zero-order chi connectivity index (χ0) is 20.5. The Morgan fingerprint density at radius 2 is 1.93 bits per heavy atom. The molecule has 4 rings (SSSR count). The molecule has 0 aliphatic carbocycles. The molecular weight excluding hydrogens is 443 g/mol. The first-order valence-electron chi connectivity index (χ1n) is 9.02. The highest BCUT2D eigenvalue weighted by molar-refractivity contribution is 8.01. The molecule has 8 heteroatoms. The second kappa shape index (κ2) is 8.48. The average molecular weight is 461 g/mol. The second-order valence-electron chi connectivity index (χ2n) is 6.74. The fourth-order valence-corrected chi connectivity index (χ4v) is 5.62. The summed E-state index contributed by atoms with van der Waals surface area (Å²) in [5.74, 6) is 0. The lowest BCUT2D eigenvalue weighted by molar-refractivity contribution is 0.853. The summed E-state index contributed by atoms with van der Waals surface area (Å²) in [7, 11) is 0. The minimum Gasteiger partial charge on any atom is -0.264 e. The molecule has 3 heterocycles. The van der Waals surface area contributed by atoms with E-state index in [0.717, 1.165) is 37.4 Å². The summed E-state index contributed by atoms with van der Waals surface area (Å²) in [6.45, 7) is 6.33. The van der Waals surface area contributed by atoms with E-state index >= 15 is 0 Å². The Morgan fingerprint density at radius 1 is 1.10 bits per heavy atom. The second-order valence-corrected chi connectivity index (χ2v) is 10.4. The van der Waals surface area contributed by atoms with Crippen molar-refractivity contribution in [2.45, 2.75) is 30.2 Å². The fraction of sp³-hybridized carbons (Fsp3) is 0.190. The van der Waals surface area contributed by atoms with E-state index in [4.69, 9.17) is 33.3 Å². The number of benzene rings is 1. The molecule has 0 fully saturated rings. The van der Waals surface area contributed by atoms with Crippen molar-refractivity contribution < 1.29 is 0 Å². The van der Waals surface area contributed by atoms with Gasteiger partial charge in [-0.05, 0) is 25.1 Å². The molecule has 0 atom stereocenters. The molecule has 0 N–H and O–H groups in total. The third-order valence-corrected chi connectivity index (χ3v) is 7.18. The number of aromatic nitrogens is 4. The van der Waals surface area contributed by atoms with Crippen LogP contribution < -0.4 is 0 Å². The Kier molecular flexibility index (Phi) is 5.97. The molecular formula is C21H18Cl2N4S2. The number of aryl methyl sites for hydroxylation is 1. The molecule has 0 unspecified atom stereocenters. The van der Waals surface area contributed by atoms with Crippen molar-refractivity contribution in [3.63, 3.8) is 0 Å². The lowest BCUT2D eigenvalue weighted by Crippen LogP contribution is -1.94. The SMILES string of the molecule is Cc1nn(-c2nc(-c3ccc(Cl)c(Cl)c3)c(SC(C)C)s2)cc1-c1cccnc1. The van der Waals surface area contributed by atoms with Gasteiger partial charge in [0.05, 0.1) is 25.6 Å². The monoisotopic (exact) mass is 460 g/mol. The Morgan fingerprint density at radius 3 is 2.62 bits per heavy atom. The Balaban J connectivity index is 1.79. The van der Waals surface area contributed by atoms with Crippen LogP contribution in [-0.2, 0) is 0 Å². The van der Waals surface area contributed by atoms with Crippen LogP contribution in [0.2, 0.25) is 10.0 Å². The first-order chi connectivity index (χ1) is 13.9. The highest BCUT2D eigenvalue weighted by Gasteiger charge is 2.19. The van der Waals surface area contributed by atoms with Crippen LogP contribution in [-0.4, -0.2) is 25.0 Å². The number of hydrogen-bond donors (Lipinski definition) is 0. The summed E-state index contributed by atoms with van der Waals surface area (Å²) in [6, 6.07) is 9.58. The van der Waals surface area contributed by atoms with Crippen LogP contribution in [0.3, 0.4) is 0 Å². The Labute approximate surface area is 187 Å². The van der Waals surface area contributed by atoms with Crippen molar-refractivity contribution in [2.24, 2.45) is 0 Å². The molecule has 29 heavy (non-hydrogen) atoms. The molecule has 0 aliphatic heterocycles. The van der Waals surface area contributed by atoms with Crippen molar-refractivity contribution in [1.82, 2.24) is 19.7 Å². The smallest absolute Gasteiger partial charge is 0.211 e. The van der Waals surface area contributed by atoms with Crippen LogP contribution in [0, 0.1) is 6.92 Å². The summed E-state index contributed by atoms with van der Waals surface area (Å²) in [5, 5.41) is 6.99. The fourth-order valence-electron chi connectivity index (χ4n) is 2.88. The van der Waals surface area contributed by atoms with Gasteiger partial charge in [0.15, 0.2) is 0 Å². The molecule has 148 valence electrons. The Hall–Kier alpha value is -1.86. The predicted octanol–water partition coefficient (Wildman–Crippen LogP) is 7.17. The van der Waals surface area contributed by atoms with Crippen LogP contribution in [0.4, 0.5) is 0 Å². The van der Waals surface area contributed by atoms with Crippen LogP contribution in [0.1, 0.15) is 19.5 Å². The van der Waals surface area contributed by atoms with Crippen molar-refractivity contribution in [2.75, 3.05) is 0 Å². The minimum absolute atomic E-state index is 0.426. The highest BCUT2D eigenvalue weighted by Crippen LogP contribution is 2.41. The molecule has 0 saturated heterocycles. The van der Waals surface area contributed by atoms with E-state index in [0.29, 0.717) is 15.3 Å². The van der Waals surface area contributed by atoms with Crippen LogP contribution in [0.25, 0.3) is 27.5 Å². The maximum Gasteiger partial charge on any atom is 0.211 e. The van der Waals surface area contributed by atoms with Gasteiger partial charge in [-0.3, -0.25) is 4.98 Å². The third-order valence-electron chi connectivity index (χ3n) is 4.19. The molecule has 0 amide bonds. The predicted molar refractivity (Wildman–Crippen MR) is 124 cm³/mol. The van der Waals surface area contributed by atoms with Gasteiger partial charge in [-0.1, -0.05) is 60.5 Å². The van der Waals surface area contributed by atoms with Crippen molar-refractivity contribution in [3.8, 4) is 27.5 Å². The van der Waals surface area contributed by atoms with Gasteiger partial charge in [0.2, 0.25) is 5.13 Å². The topological polar surface area (TPSA) is 43.6 Å². The van der Waals surface area contributed by atoms with Crippen LogP contribution in [0.15, 0.2) is 53.1 Å². The zero-order valence-corrected chi connectivity index (χ0v) is 19.2. The van der Waals surface area contributed by atoms with Gasteiger partial charge in [-0.15, -0.1) is 11.8 Å². The van der Waals surface area contributed by atoms with Gasteiger partial charge in [-0.2, -0.15) is 5.10 Å². The summed E-state index contributed by atoms with van der Waals surface area (Å²) in [5.41, 5.74) is 4.86. The van der Waals surface area contributed by atoms with Gasteiger partial charge in [0, 0.05) is 40.5 Å². The Bertz CT molecular complexity index is 1150. The molecule has 4 nitrogen and oxygen atoms in total. The zero-order valence-electron chi connectivity index (χ0n) is 16.1. The van der Waals surface area contributed by atoms with E-state index in [1.165, 1.54) is 0 Å². The van der Waals surface area contributed by atoms with Crippen molar-refractivity contribution in [3.05, 3.63) is 64.7 Å². The highest BCUT2D eigenvalue weighted by atomic mass is 35.5. The maximum atomic E-state index is 6.25. The van der Waals surface area contributed by atoms with E-state index in [1.807, 2.05) is 48.3 Å². The van der Waals surface area contributed by atoms with Gasteiger partial charge in [-0.25, -0.2) is 9.67 Å². The van der Waals surface area contributed by atoms with Crippen LogP contribution in [0.5, 0.6) is 0 Å². The average Bonchev–Trinajstić information content (AvgIpc) is 3.28. The third kappa shape index (κ3) is 4.36. The van der Waals surface area contributed by atoms with Crippen molar-refractivity contribution in [1.29, 1.82) is 0 Å². The van der Waals surface area contributed by atoms with Gasteiger partial charge < -0.3 is 0 Å². The van der Waals surface area contributed by atoms with E-state index < -0.39 is 0 Å². The van der Waals surface area contributed by atoms with Gasteiger partial charge in [0.25, 0.3) is 0 Å². The number of thiazole rings is 1. The van der Waals surface area contributed by atoms with Gasteiger partial charge in [0.1, 0.15) is 0 Å². The molecule has 1 aromatic carbocycles. The lowest BCUT2D eigenvalue weighted by Gasteiger charge is -2.05. The number of pyridine rings is 1. The van der Waals surface area contributed by atoms with E-state index in [1.54, 1.807) is 35.4 Å². The van der Waals surface area contributed by atoms with E-state index in [2.05, 4.69) is 18.8 Å². The standard InChI is InChI=1S/C21H18Cl2N4S2/c1-12(2)28-20-19(14-6-7-17(22)18(23)9-14)25-21(29-20)27-11-16(13(3)26-27)15-5-4-8-24-10-15/h4-12H,1-3H3. The summed E-state index contributed by atoms with van der Waals surface area (Å²) in [4.78, 5) is 9.12. The first-order valence-corrected chi connectivity index (χ1v) is 11.5. The summed E-state index contributed by atoms with van der Waals surface area (Å²) in [6.07, 6.45) is 5.62. The number of halogens is 2. The van der Waals surface area contributed by atoms with Crippen molar-refractivity contribution >= 4 is 46.3 Å². The lowest BCUT2D eigenvalue weighted by atomic mass is 10.1. The number of nitrogens with zero attached hydrogens (tertiary/aromatic N) is 4. The molecule has 0 spiro atoms. The van der Waals surface area contributed by atoms with E-state index in [9.17, 15) is 0 Å². The molecule has 0 saturated carbocycles. The number of thioether (sulfide) groups is 1. The molecule has 3 aromatic heterocycles. The van der Waals surface area contributed by atoms with E-state index in [-0.39, 0.29) is 0 Å². The number of hydrogen-bond acceptors (Lipinski definition) is 5. The summed E-state index contributed by atoms with van der Waals surface area (Å²) < 4.78 is 2.97. The molecule has 0 aliphatic rings. The quantitative estimate of drug-likeness (QED) is 0.296.